The van der Waals surface area contributed by atoms with E-state index in [4.69, 9.17) is 33.7 Å². The summed E-state index contributed by atoms with van der Waals surface area (Å²) in [6.07, 6.45) is 0. The predicted octanol–water partition coefficient (Wildman–Crippen LogP) is 3.86. The molecule has 2 rings (SSSR count). The fourth-order valence-corrected chi connectivity index (χ4v) is 2.13. The summed E-state index contributed by atoms with van der Waals surface area (Å²) in [6.45, 7) is 0.262. The number of halogens is 2. The van der Waals surface area contributed by atoms with E-state index in [2.05, 4.69) is 0 Å². The van der Waals surface area contributed by atoms with E-state index in [9.17, 15) is 5.11 Å². The molecule has 0 heterocycles. The second-order valence-corrected chi connectivity index (χ2v) is 4.59. The maximum Gasteiger partial charge on any atom is 0.157 e. The van der Waals surface area contributed by atoms with Gasteiger partial charge in [-0.2, -0.15) is 0 Å². The van der Waals surface area contributed by atoms with Gasteiger partial charge < -0.3 is 15.6 Å². The Morgan fingerprint density at radius 1 is 1.11 bits per heavy atom. The monoisotopic (exact) mass is 283 g/mol. The van der Waals surface area contributed by atoms with E-state index in [1.807, 2.05) is 6.07 Å². The minimum Gasteiger partial charge on any atom is -0.508 e. The van der Waals surface area contributed by atoms with Gasteiger partial charge in [0, 0.05) is 5.69 Å². The van der Waals surface area contributed by atoms with Gasteiger partial charge in [-0.25, -0.2) is 0 Å². The Kier molecular flexibility index (Phi) is 3.84. The molecule has 0 aliphatic carbocycles. The summed E-state index contributed by atoms with van der Waals surface area (Å²) < 4.78 is 5.53. The van der Waals surface area contributed by atoms with Crippen molar-refractivity contribution in [3.05, 3.63) is 52.0 Å². The van der Waals surface area contributed by atoms with Crippen molar-refractivity contribution in [1.82, 2.24) is 0 Å². The van der Waals surface area contributed by atoms with E-state index in [1.165, 1.54) is 0 Å². The zero-order valence-electron chi connectivity index (χ0n) is 9.36. The smallest absolute Gasteiger partial charge is 0.157 e. The Labute approximate surface area is 115 Å². The number of hydrogen-bond donors (Lipinski definition) is 2. The third-order valence-corrected chi connectivity index (χ3v) is 2.88. The molecule has 0 spiro atoms. The SMILES string of the molecule is Nc1cc(Cl)c(OCc2cccc(O)c2)c(Cl)c1. The normalized spacial score (nSPS) is 10.3. The molecule has 0 aliphatic rings. The molecule has 0 aromatic heterocycles. The van der Waals surface area contributed by atoms with Crippen molar-refractivity contribution in [2.45, 2.75) is 6.61 Å². The van der Waals surface area contributed by atoms with Crippen LogP contribution in [0.25, 0.3) is 0 Å². The van der Waals surface area contributed by atoms with Gasteiger partial charge in [0.05, 0.1) is 10.0 Å². The number of benzene rings is 2. The molecule has 3 N–H and O–H groups in total. The minimum absolute atomic E-state index is 0.186. The summed E-state index contributed by atoms with van der Waals surface area (Å²) >= 11 is 12.0. The van der Waals surface area contributed by atoms with E-state index >= 15 is 0 Å². The lowest BCUT2D eigenvalue weighted by atomic mass is 10.2. The summed E-state index contributed by atoms with van der Waals surface area (Å²) in [5.74, 6) is 0.571. The van der Waals surface area contributed by atoms with Crippen molar-refractivity contribution in [1.29, 1.82) is 0 Å². The second-order valence-electron chi connectivity index (χ2n) is 3.77. The van der Waals surface area contributed by atoms with Gasteiger partial charge in [0.15, 0.2) is 5.75 Å². The van der Waals surface area contributed by atoms with Crippen molar-refractivity contribution < 1.29 is 9.84 Å². The van der Waals surface area contributed by atoms with Crippen LogP contribution in [0.3, 0.4) is 0 Å². The summed E-state index contributed by atoms with van der Waals surface area (Å²) in [7, 11) is 0. The zero-order valence-corrected chi connectivity index (χ0v) is 10.9. The molecule has 5 heteroatoms. The molecule has 3 nitrogen and oxygen atoms in total. The molecule has 0 aliphatic heterocycles. The Morgan fingerprint density at radius 2 is 1.78 bits per heavy atom. The Morgan fingerprint density at radius 3 is 2.39 bits per heavy atom. The predicted molar refractivity (Wildman–Crippen MR) is 73.3 cm³/mol. The molecule has 18 heavy (non-hydrogen) atoms. The van der Waals surface area contributed by atoms with Crippen LogP contribution in [-0.4, -0.2) is 5.11 Å². The van der Waals surface area contributed by atoms with Gasteiger partial charge in [-0.05, 0) is 29.8 Å². The van der Waals surface area contributed by atoms with E-state index in [1.54, 1.807) is 30.3 Å². The fourth-order valence-electron chi connectivity index (χ4n) is 1.52. The summed E-state index contributed by atoms with van der Waals surface area (Å²) in [5.41, 5.74) is 6.90. The standard InChI is InChI=1S/C13H11Cl2NO2/c14-11-5-9(16)6-12(15)13(11)18-7-8-2-1-3-10(17)4-8/h1-6,17H,7,16H2. The van der Waals surface area contributed by atoms with Crippen molar-refractivity contribution in [3.8, 4) is 11.5 Å². The largest absolute Gasteiger partial charge is 0.508 e. The average molecular weight is 284 g/mol. The summed E-state index contributed by atoms with van der Waals surface area (Å²) in [5, 5.41) is 10.1. The van der Waals surface area contributed by atoms with E-state index in [-0.39, 0.29) is 12.4 Å². The van der Waals surface area contributed by atoms with Gasteiger partial charge in [-0.15, -0.1) is 0 Å². The number of rotatable bonds is 3. The van der Waals surface area contributed by atoms with E-state index in [0.717, 1.165) is 5.56 Å². The second kappa shape index (κ2) is 5.38. The molecule has 0 atom stereocenters. The van der Waals surface area contributed by atoms with Gasteiger partial charge in [-0.1, -0.05) is 35.3 Å². The lowest BCUT2D eigenvalue weighted by Crippen LogP contribution is -1.97. The Balaban J connectivity index is 2.16. The minimum atomic E-state index is 0.186. The number of phenols is 1. The highest BCUT2D eigenvalue weighted by Gasteiger charge is 2.09. The molecule has 94 valence electrons. The van der Waals surface area contributed by atoms with Gasteiger partial charge >= 0.3 is 0 Å². The van der Waals surface area contributed by atoms with Gasteiger partial charge in [0.2, 0.25) is 0 Å². The highest BCUT2D eigenvalue weighted by atomic mass is 35.5. The molecule has 0 fully saturated rings. The van der Waals surface area contributed by atoms with Gasteiger partial charge in [0.1, 0.15) is 12.4 Å². The molecule has 0 unspecified atom stereocenters. The van der Waals surface area contributed by atoms with Crippen LogP contribution in [0.15, 0.2) is 36.4 Å². The number of nitrogen functional groups attached to an aromatic ring is 1. The van der Waals surface area contributed by atoms with Crippen molar-refractivity contribution in [2.75, 3.05) is 5.73 Å². The van der Waals surface area contributed by atoms with Crippen LogP contribution >= 0.6 is 23.2 Å². The molecule has 2 aromatic carbocycles. The van der Waals surface area contributed by atoms with Crippen LogP contribution in [0, 0.1) is 0 Å². The topological polar surface area (TPSA) is 55.5 Å². The maximum atomic E-state index is 9.33. The quantitative estimate of drug-likeness (QED) is 0.841. The number of anilines is 1. The summed E-state index contributed by atoms with van der Waals surface area (Å²) in [4.78, 5) is 0. The zero-order chi connectivity index (χ0) is 13.1. The van der Waals surface area contributed by atoms with Crippen LogP contribution in [0.2, 0.25) is 10.0 Å². The highest BCUT2D eigenvalue weighted by Crippen LogP contribution is 2.35. The third kappa shape index (κ3) is 3.00. The number of phenolic OH excluding ortho intramolecular Hbond substituents is 1. The number of nitrogens with two attached hydrogens (primary N) is 1. The number of hydrogen-bond acceptors (Lipinski definition) is 3. The molecular formula is C13H11Cl2NO2. The van der Waals surface area contributed by atoms with Crippen LogP contribution < -0.4 is 10.5 Å². The summed E-state index contributed by atoms with van der Waals surface area (Å²) in [6, 6.07) is 9.92. The molecule has 2 aromatic rings. The molecular weight excluding hydrogens is 273 g/mol. The first kappa shape index (κ1) is 12.9. The van der Waals surface area contributed by atoms with Crippen molar-refractivity contribution >= 4 is 28.9 Å². The molecule has 0 saturated heterocycles. The van der Waals surface area contributed by atoms with Crippen LogP contribution in [-0.2, 0) is 6.61 Å². The van der Waals surface area contributed by atoms with Gasteiger partial charge in [-0.3, -0.25) is 0 Å². The average Bonchev–Trinajstić information content (AvgIpc) is 2.27. The van der Waals surface area contributed by atoms with Gasteiger partial charge in [0.25, 0.3) is 0 Å². The Hall–Kier alpha value is -1.58. The van der Waals surface area contributed by atoms with Crippen LogP contribution in [0.5, 0.6) is 11.5 Å². The van der Waals surface area contributed by atoms with Crippen LogP contribution in [0.4, 0.5) is 5.69 Å². The maximum absolute atomic E-state index is 9.33. The lowest BCUT2D eigenvalue weighted by molar-refractivity contribution is 0.306. The third-order valence-electron chi connectivity index (χ3n) is 2.31. The highest BCUT2D eigenvalue weighted by molar-refractivity contribution is 6.37. The number of aromatic hydroxyl groups is 1. The Bertz CT molecular complexity index is 550. The van der Waals surface area contributed by atoms with E-state index in [0.29, 0.717) is 21.5 Å². The first-order valence-electron chi connectivity index (χ1n) is 5.21. The first-order valence-corrected chi connectivity index (χ1v) is 5.97. The molecule has 0 bridgehead atoms. The van der Waals surface area contributed by atoms with Crippen molar-refractivity contribution in [3.63, 3.8) is 0 Å². The lowest BCUT2D eigenvalue weighted by Gasteiger charge is -2.10. The van der Waals surface area contributed by atoms with E-state index < -0.39 is 0 Å². The first-order chi connectivity index (χ1) is 8.56. The molecule has 0 amide bonds. The molecule has 0 radical (unpaired) electrons. The molecule has 0 saturated carbocycles. The number of ether oxygens (including phenoxy) is 1. The van der Waals surface area contributed by atoms with Crippen LogP contribution in [0.1, 0.15) is 5.56 Å². The fraction of sp³-hybridized carbons (Fsp3) is 0.0769. The van der Waals surface area contributed by atoms with Crippen molar-refractivity contribution in [2.24, 2.45) is 0 Å².